The highest BCUT2D eigenvalue weighted by Gasteiger charge is 2.16. The molecule has 1 aliphatic rings. The Kier molecular flexibility index (Phi) is 28.5. The molecule has 45 heavy (non-hydrogen) atoms. The van der Waals surface area contributed by atoms with Crippen LogP contribution in [0.15, 0.2) is 84.9 Å². The van der Waals surface area contributed by atoms with E-state index in [1.54, 1.807) is 0 Å². The van der Waals surface area contributed by atoms with Crippen molar-refractivity contribution in [3.8, 4) is 17.2 Å². The second kappa shape index (κ2) is 30.7. The van der Waals surface area contributed by atoms with E-state index in [0.717, 1.165) is 56.4 Å². The lowest BCUT2D eigenvalue weighted by molar-refractivity contribution is 0.0704. The second-order valence-corrected chi connectivity index (χ2v) is 8.91. The first-order valence-corrected chi connectivity index (χ1v) is 16.6. The van der Waals surface area contributed by atoms with Gasteiger partial charge in [-0.3, -0.25) is 4.90 Å². The molecule has 3 aromatic carbocycles. The van der Waals surface area contributed by atoms with Crippen molar-refractivity contribution in [3.63, 3.8) is 0 Å². The lowest BCUT2D eigenvalue weighted by Crippen LogP contribution is -2.46. The van der Waals surface area contributed by atoms with Crippen molar-refractivity contribution < 1.29 is 29.2 Å². The summed E-state index contributed by atoms with van der Waals surface area (Å²) < 4.78 is 21.9. The van der Waals surface area contributed by atoms with E-state index in [9.17, 15) is 0 Å². The average molecular weight is 629 g/mol. The van der Waals surface area contributed by atoms with Crippen LogP contribution in [-0.4, -0.2) is 94.1 Å². The molecule has 1 saturated heterocycles. The largest absolute Gasteiger partial charge is 0.491 e. The minimum Gasteiger partial charge on any atom is -0.491 e. The quantitative estimate of drug-likeness (QED) is 0.178. The molecule has 8 heteroatoms. The maximum absolute atomic E-state index is 8.79. The Morgan fingerprint density at radius 1 is 0.533 bits per heavy atom. The fourth-order valence-electron chi connectivity index (χ4n) is 4.04. The van der Waals surface area contributed by atoms with E-state index in [0.29, 0.717) is 39.6 Å². The first kappa shape index (κ1) is 41.7. The number of anilines is 1. The molecule has 3 aromatic rings. The Bertz CT molecular complexity index is 1000. The van der Waals surface area contributed by atoms with E-state index < -0.39 is 0 Å². The number of aliphatic hydroxyl groups is 2. The zero-order valence-electron chi connectivity index (χ0n) is 28.7. The number of ether oxygens (including phenoxy) is 4. The van der Waals surface area contributed by atoms with Gasteiger partial charge in [-0.25, -0.2) is 0 Å². The van der Waals surface area contributed by atoms with Crippen LogP contribution in [0.5, 0.6) is 17.2 Å². The molecule has 254 valence electrons. The van der Waals surface area contributed by atoms with E-state index in [4.69, 9.17) is 29.2 Å². The fourth-order valence-corrected chi connectivity index (χ4v) is 4.04. The summed E-state index contributed by atoms with van der Waals surface area (Å²) in [5.41, 5.74) is 1.32. The molecule has 1 fully saturated rings. The summed E-state index contributed by atoms with van der Waals surface area (Å²) in [6.07, 6.45) is 0.894. The van der Waals surface area contributed by atoms with Gasteiger partial charge >= 0.3 is 0 Å². The normalized spacial score (nSPS) is 12.0. The summed E-state index contributed by atoms with van der Waals surface area (Å²) in [4.78, 5) is 4.85. The number of rotatable bonds is 15. The molecule has 1 aliphatic heterocycles. The third-order valence-corrected chi connectivity index (χ3v) is 6.03. The molecule has 4 rings (SSSR count). The first-order chi connectivity index (χ1) is 22.3. The molecule has 0 unspecified atom stereocenters. The summed E-state index contributed by atoms with van der Waals surface area (Å²) in [6.45, 7) is 19.9. The van der Waals surface area contributed by atoms with Crippen LogP contribution in [0, 0.1) is 0 Å². The number of para-hydroxylation sites is 2. The van der Waals surface area contributed by atoms with Crippen LogP contribution in [0.2, 0.25) is 0 Å². The van der Waals surface area contributed by atoms with Crippen molar-refractivity contribution in [2.45, 2.75) is 48.0 Å². The topological polar surface area (TPSA) is 83.9 Å². The second-order valence-electron chi connectivity index (χ2n) is 8.91. The highest BCUT2D eigenvalue weighted by Crippen LogP contribution is 2.19. The lowest BCUT2D eigenvalue weighted by Gasteiger charge is -2.36. The van der Waals surface area contributed by atoms with Crippen LogP contribution in [-0.2, 0) is 4.74 Å². The molecule has 0 aromatic heterocycles. The average Bonchev–Trinajstić information content (AvgIpc) is 3.13. The van der Waals surface area contributed by atoms with Gasteiger partial charge in [-0.15, -0.1) is 0 Å². The molecular weight excluding hydrogens is 568 g/mol. The maximum Gasteiger partial charge on any atom is 0.123 e. The SMILES string of the molecule is CC.CC.CC.OCCCN1CCN(c2ccccc2)CC1.OCCOCCOc1cccc(OCCOc2ccccc2)c1. The number of piperazine rings is 1. The van der Waals surface area contributed by atoms with Crippen LogP contribution in [0.1, 0.15) is 48.0 Å². The number of aliphatic hydroxyl groups excluding tert-OH is 2. The molecule has 0 atom stereocenters. The van der Waals surface area contributed by atoms with Crippen LogP contribution < -0.4 is 19.1 Å². The summed E-state index contributed by atoms with van der Waals surface area (Å²) in [6, 6.07) is 27.6. The first-order valence-electron chi connectivity index (χ1n) is 16.6. The van der Waals surface area contributed by atoms with E-state index in [1.807, 2.05) is 96.1 Å². The van der Waals surface area contributed by atoms with Crippen LogP contribution in [0.25, 0.3) is 0 Å². The van der Waals surface area contributed by atoms with E-state index in [1.165, 1.54) is 5.69 Å². The Morgan fingerprint density at radius 3 is 1.56 bits per heavy atom. The third-order valence-electron chi connectivity index (χ3n) is 6.03. The summed E-state index contributed by atoms with van der Waals surface area (Å²) in [5.74, 6) is 2.28. The Labute approximate surface area is 273 Å². The van der Waals surface area contributed by atoms with Gasteiger partial charge in [0.05, 0.1) is 19.8 Å². The predicted molar refractivity (Wildman–Crippen MR) is 188 cm³/mol. The molecule has 0 aliphatic carbocycles. The molecule has 0 spiro atoms. The van der Waals surface area contributed by atoms with Gasteiger partial charge in [0, 0.05) is 51.1 Å². The van der Waals surface area contributed by atoms with Crippen molar-refractivity contribution >= 4 is 5.69 Å². The minimum absolute atomic E-state index is 0.0222. The van der Waals surface area contributed by atoms with Gasteiger partial charge in [-0.2, -0.15) is 0 Å². The fraction of sp³-hybridized carbons (Fsp3) is 0.514. The van der Waals surface area contributed by atoms with Crippen molar-refractivity contribution in [3.05, 3.63) is 84.9 Å². The summed E-state index contributed by atoms with van der Waals surface area (Å²) in [7, 11) is 0. The maximum atomic E-state index is 8.79. The molecule has 0 bridgehead atoms. The molecule has 0 amide bonds. The number of nitrogens with zero attached hydrogens (tertiary/aromatic N) is 2. The lowest BCUT2D eigenvalue weighted by atomic mass is 10.2. The molecule has 2 N–H and O–H groups in total. The van der Waals surface area contributed by atoms with Gasteiger partial charge in [0.15, 0.2) is 0 Å². The van der Waals surface area contributed by atoms with Gasteiger partial charge in [-0.1, -0.05) is 84.0 Å². The van der Waals surface area contributed by atoms with E-state index in [2.05, 4.69) is 40.1 Å². The third kappa shape index (κ3) is 20.4. The number of hydrogen-bond donors (Lipinski definition) is 2. The van der Waals surface area contributed by atoms with Crippen molar-refractivity contribution in [2.24, 2.45) is 0 Å². The van der Waals surface area contributed by atoms with Crippen molar-refractivity contribution in [1.29, 1.82) is 0 Å². The van der Waals surface area contributed by atoms with Gasteiger partial charge in [0.1, 0.15) is 37.1 Å². The molecular formula is C37H60N2O6. The zero-order chi connectivity index (χ0) is 33.4. The molecule has 0 radical (unpaired) electrons. The number of hydrogen-bond acceptors (Lipinski definition) is 8. The van der Waals surface area contributed by atoms with Gasteiger partial charge in [0.25, 0.3) is 0 Å². The van der Waals surface area contributed by atoms with E-state index in [-0.39, 0.29) is 6.61 Å². The van der Waals surface area contributed by atoms with Crippen LogP contribution in [0.4, 0.5) is 5.69 Å². The number of benzene rings is 3. The zero-order valence-corrected chi connectivity index (χ0v) is 28.7. The Morgan fingerprint density at radius 2 is 1.02 bits per heavy atom. The van der Waals surface area contributed by atoms with Gasteiger partial charge in [-0.05, 0) is 42.8 Å². The molecule has 1 heterocycles. The highest BCUT2D eigenvalue weighted by molar-refractivity contribution is 5.46. The van der Waals surface area contributed by atoms with E-state index >= 15 is 0 Å². The highest BCUT2D eigenvalue weighted by atomic mass is 16.5. The van der Waals surface area contributed by atoms with Gasteiger partial charge in [0.2, 0.25) is 0 Å². The smallest absolute Gasteiger partial charge is 0.123 e. The van der Waals surface area contributed by atoms with Gasteiger partial charge < -0.3 is 34.1 Å². The predicted octanol–water partition coefficient (Wildman–Crippen LogP) is 6.80. The van der Waals surface area contributed by atoms with Crippen LogP contribution >= 0.6 is 0 Å². The summed E-state index contributed by atoms with van der Waals surface area (Å²) in [5, 5.41) is 17.4. The molecule has 0 saturated carbocycles. The van der Waals surface area contributed by atoms with Crippen LogP contribution in [0.3, 0.4) is 0 Å². The summed E-state index contributed by atoms with van der Waals surface area (Å²) >= 11 is 0. The minimum atomic E-state index is 0.0222. The van der Waals surface area contributed by atoms with Crippen molar-refractivity contribution in [1.82, 2.24) is 4.90 Å². The Balaban J connectivity index is 0.000000769. The molecule has 8 nitrogen and oxygen atoms in total. The standard InChI is InChI=1S/C18H22O5.C13H20N2O.3C2H6/c19-9-10-20-11-12-22-17-7-4-8-18(15-17)23-14-13-21-16-5-2-1-3-6-16;16-12-4-7-14-8-10-15(11-9-14)13-5-2-1-3-6-13;3*1-2/h1-8,15,19H,9-14H2;1-3,5-6,16H,4,7-12H2;3*1-2H3. The Hall–Kier alpha value is -3.30. The monoisotopic (exact) mass is 628 g/mol. The van der Waals surface area contributed by atoms with Crippen molar-refractivity contribution in [2.75, 3.05) is 83.9 Å².